The Hall–Kier alpha value is -2.27. The second kappa shape index (κ2) is 9.30. The van der Waals surface area contributed by atoms with Crippen molar-refractivity contribution in [2.75, 3.05) is 45.1 Å². The standard InChI is InChI=1S/C22H26N2O6S2/c25-22(19-6-8-20(9-7-19)32(28,29)24-12-15-30-16-13-24)23-11-10-21(31(26,27)17-14-23)18-4-2-1-3-5-18/h1-9,21H,10-17H2. The van der Waals surface area contributed by atoms with Gasteiger partial charge in [0.1, 0.15) is 0 Å². The van der Waals surface area contributed by atoms with E-state index < -0.39 is 25.1 Å². The summed E-state index contributed by atoms with van der Waals surface area (Å²) in [5, 5.41) is -0.637. The van der Waals surface area contributed by atoms with Crippen LogP contribution in [-0.4, -0.2) is 77.1 Å². The summed E-state index contributed by atoms with van der Waals surface area (Å²) in [6, 6.07) is 14.9. The van der Waals surface area contributed by atoms with E-state index in [0.29, 0.717) is 44.8 Å². The van der Waals surface area contributed by atoms with Gasteiger partial charge in [-0.3, -0.25) is 4.79 Å². The number of sulfonamides is 1. The molecule has 1 atom stereocenters. The molecule has 32 heavy (non-hydrogen) atoms. The predicted molar refractivity (Wildman–Crippen MR) is 120 cm³/mol. The van der Waals surface area contributed by atoms with Gasteiger partial charge in [-0.25, -0.2) is 16.8 Å². The summed E-state index contributed by atoms with van der Waals surface area (Å²) >= 11 is 0. The zero-order valence-corrected chi connectivity index (χ0v) is 19.2. The van der Waals surface area contributed by atoms with Crippen LogP contribution in [0.3, 0.4) is 0 Å². The molecule has 10 heteroatoms. The third kappa shape index (κ3) is 4.73. The van der Waals surface area contributed by atoms with E-state index in [4.69, 9.17) is 4.74 Å². The van der Waals surface area contributed by atoms with E-state index in [-0.39, 0.29) is 23.1 Å². The van der Waals surface area contributed by atoms with Crippen LogP contribution in [0, 0.1) is 0 Å². The largest absolute Gasteiger partial charge is 0.379 e. The van der Waals surface area contributed by atoms with E-state index in [2.05, 4.69) is 0 Å². The topological polar surface area (TPSA) is 101 Å². The monoisotopic (exact) mass is 478 g/mol. The molecule has 1 amide bonds. The summed E-state index contributed by atoms with van der Waals surface area (Å²) in [7, 11) is -7.03. The fourth-order valence-electron chi connectivity index (χ4n) is 4.08. The first-order valence-corrected chi connectivity index (χ1v) is 13.7. The molecule has 2 saturated heterocycles. The maximum Gasteiger partial charge on any atom is 0.253 e. The van der Waals surface area contributed by atoms with Crippen molar-refractivity contribution in [2.45, 2.75) is 16.6 Å². The van der Waals surface area contributed by atoms with Crippen LogP contribution < -0.4 is 0 Å². The van der Waals surface area contributed by atoms with Crippen molar-refractivity contribution >= 4 is 25.8 Å². The average Bonchev–Trinajstić information content (AvgIpc) is 2.97. The van der Waals surface area contributed by atoms with E-state index in [9.17, 15) is 21.6 Å². The minimum Gasteiger partial charge on any atom is -0.379 e. The molecule has 0 bridgehead atoms. The van der Waals surface area contributed by atoms with Crippen LogP contribution in [0.5, 0.6) is 0 Å². The Bertz CT molecular complexity index is 1160. The molecule has 172 valence electrons. The lowest BCUT2D eigenvalue weighted by molar-refractivity contribution is 0.0730. The van der Waals surface area contributed by atoms with Crippen LogP contribution in [0.1, 0.15) is 27.6 Å². The molecule has 2 aromatic carbocycles. The number of amides is 1. The van der Waals surface area contributed by atoms with Crippen LogP contribution in [0.25, 0.3) is 0 Å². The fraction of sp³-hybridized carbons (Fsp3) is 0.409. The number of ether oxygens (including phenoxy) is 1. The van der Waals surface area contributed by atoms with E-state index in [1.807, 2.05) is 18.2 Å². The lowest BCUT2D eigenvalue weighted by Crippen LogP contribution is -2.40. The van der Waals surface area contributed by atoms with Gasteiger partial charge in [-0.15, -0.1) is 0 Å². The number of sulfone groups is 1. The molecular weight excluding hydrogens is 452 g/mol. The van der Waals surface area contributed by atoms with Crippen molar-refractivity contribution in [1.82, 2.24) is 9.21 Å². The van der Waals surface area contributed by atoms with Crippen molar-refractivity contribution in [1.29, 1.82) is 0 Å². The molecule has 0 spiro atoms. The molecule has 2 aromatic rings. The number of carbonyl (C=O) groups excluding carboxylic acids is 1. The summed E-state index contributed by atoms with van der Waals surface area (Å²) in [5.41, 5.74) is 1.07. The van der Waals surface area contributed by atoms with Crippen LogP contribution in [0.15, 0.2) is 59.5 Å². The summed E-state index contributed by atoms with van der Waals surface area (Å²) in [5.74, 6) is -0.411. The number of nitrogens with zero attached hydrogens (tertiary/aromatic N) is 2. The molecule has 0 radical (unpaired) electrons. The predicted octanol–water partition coefficient (Wildman–Crippen LogP) is 1.71. The quantitative estimate of drug-likeness (QED) is 0.663. The Kier molecular flexibility index (Phi) is 6.66. The SMILES string of the molecule is O=C(c1ccc(S(=O)(=O)N2CCOCC2)cc1)N1CCC(c2ccccc2)S(=O)(=O)CC1. The van der Waals surface area contributed by atoms with Gasteiger partial charge in [0.05, 0.1) is 29.1 Å². The molecule has 8 nitrogen and oxygen atoms in total. The number of hydrogen-bond acceptors (Lipinski definition) is 6. The van der Waals surface area contributed by atoms with Crippen molar-refractivity contribution in [3.63, 3.8) is 0 Å². The lowest BCUT2D eigenvalue weighted by atomic mass is 10.1. The van der Waals surface area contributed by atoms with Gasteiger partial charge < -0.3 is 9.64 Å². The maximum atomic E-state index is 13.0. The van der Waals surface area contributed by atoms with Crippen molar-refractivity contribution in [3.05, 3.63) is 65.7 Å². The molecule has 2 aliphatic heterocycles. The van der Waals surface area contributed by atoms with Crippen LogP contribution in [0.2, 0.25) is 0 Å². The first kappa shape index (κ1) is 22.9. The second-order valence-electron chi connectivity index (χ2n) is 7.89. The molecule has 1 unspecified atom stereocenters. The Morgan fingerprint density at radius 3 is 2.22 bits per heavy atom. The lowest BCUT2D eigenvalue weighted by Gasteiger charge is -2.26. The third-order valence-electron chi connectivity index (χ3n) is 5.91. The summed E-state index contributed by atoms with van der Waals surface area (Å²) in [6.07, 6.45) is 0.321. The van der Waals surface area contributed by atoms with Crippen molar-refractivity contribution < 1.29 is 26.4 Å². The highest BCUT2D eigenvalue weighted by Gasteiger charge is 2.33. The van der Waals surface area contributed by atoms with Gasteiger partial charge in [0.25, 0.3) is 5.91 Å². The minimum absolute atomic E-state index is 0.109. The molecule has 2 fully saturated rings. The van der Waals surface area contributed by atoms with Gasteiger partial charge in [-0.2, -0.15) is 4.31 Å². The van der Waals surface area contributed by atoms with Gasteiger partial charge in [-0.05, 0) is 36.2 Å². The average molecular weight is 479 g/mol. The Balaban J connectivity index is 1.49. The van der Waals surface area contributed by atoms with E-state index >= 15 is 0 Å². The van der Waals surface area contributed by atoms with Crippen LogP contribution in [0.4, 0.5) is 0 Å². The molecule has 0 N–H and O–H groups in total. The van der Waals surface area contributed by atoms with Gasteiger partial charge >= 0.3 is 0 Å². The summed E-state index contributed by atoms with van der Waals surface area (Å²) < 4.78 is 57.7. The number of hydrogen-bond donors (Lipinski definition) is 0. The third-order valence-corrected chi connectivity index (χ3v) is 9.95. The van der Waals surface area contributed by atoms with Crippen molar-refractivity contribution in [3.8, 4) is 0 Å². The van der Waals surface area contributed by atoms with E-state index in [1.165, 1.54) is 33.5 Å². The number of carbonyl (C=O) groups is 1. The molecule has 4 rings (SSSR count). The van der Waals surface area contributed by atoms with Gasteiger partial charge in [0.15, 0.2) is 9.84 Å². The molecule has 2 heterocycles. The van der Waals surface area contributed by atoms with Crippen molar-refractivity contribution in [2.24, 2.45) is 0 Å². The second-order valence-corrected chi connectivity index (χ2v) is 12.1. The van der Waals surface area contributed by atoms with Gasteiger partial charge in [0.2, 0.25) is 10.0 Å². The van der Waals surface area contributed by atoms with Crippen LogP contribution >= 0.6 is 0 Å². The Labute approximate surface area is 188 Å². The summed E-state index contributed by atoms with van der Waals surface area (Å²) in [6.45, 7) is 1.74. The Morgan fingerprint density at radius 2 is 1.56 bits per heavy atom. The van der Waals surface area contributed by atoms with Crippen LogP contribution in [-0.2, 0) is 24.6 Å². The molecular formula is C22H26N2O6S2. The first-order valence-electron chi connectivity index (χ1n) is 10.5. The zero-order valence-electron chi connectivity index (χ0n) is 17.6. The van der Waals surface area contributed by atoms with Gasteiger partial charge in [-0.1, -0.05) is 30.3 Å². The Morgan fingerprint density at radius 1 is 0.906 bits per heavy atom. The highest BCUT2D eigenvalue weighted by atomic mass is 32.2. The normalized spacial score (nSPS) is 22.2. The maximum absolute atomic E-state index is 13.0. The first-order chi connectivity index (χ1) is 15.3. The highest BCUT2D eigenvalue weighted by molar-refractivity contribution is 7.91. The summed E-state index contributed by atoms with van der Waals surface area (Å²) in [4.78, 5) is 14.7. The molecule has 0 aliphatic carbocycles. The number of morpholine rings is 1. The van der Waals surface area contributed by atoms with E-state index in [0.717, 1.165) is 5.56 Å². The molecule has 0 saturated carbocycles. The smallest absolute Gasteiger partial charge is 0.253 e. The fourth-order valence-corrected chi connectivity index (χ4v) is 7.28. The minimum atomic E-state index is -3.64. The zero-order chi connectivity index (χ0) is 22.8. The number of rotatable bonds is 4. The molecule has 0 aromatic heterocycles. The molecule has 2 aliphatic rings. The highest BCUT2D eigenvalue weighted by Crippen LogP contribution is 2.30. The van der Waals surface area contributed by atoms with Gasteiger partial charge in [0, 0.05) is 31.7 Å². The number of benzene rings is 2. The van der Waals surface area contributed by atoms with E-state index in [1.54, 1.807) is 12.1 Å².